The minimum absolute atomic E-state index is 0.0556. The predicted molar refractivity (Wildman–Crippen MR) is 85.8 cm³/mol. The van der Waals surface area contributed by atoms with Gasteiger partial charge in [-0.1, -0.05) is 6.07 Å². The molecule has 6 nitrogen and oxygen atoms in total. The van der Waals surface area contributed by atoms with Crippen LogP contribution in [0.15, 0.2) is 23.1 Å². The summed E-state index contributed by atoms with van der Waals surface area (Å²) in [7, 11) is -2.38. The Kier molecular flexibility index (Phi) is 4.44. The van der Waals surface area contributed by atoms with E-state index in [1.807, 2.05) is 0 Å². The van der Waals surface area contributed by atoms with Crippen molar-refractivity contribution in [2.75, 3.05) is 7.11 Å². The molecule has 2 N–H and O–H groups in total. The van der Waals surface area contributed by atoms with Gasteiger partial charge in [0, 0.05) is 18.1 Å². The smallest absolute Gasteiger partial charge is 0.337 e. The van der Waals surface area contributed by atoms with Crippen molar-refractivity contribution >= 4 is 16.0 Å². The molecule has 126 valence electrons. The molecule has 0 radical (unpaired) electrons. The number of benzene rings is 1. The Labute approximate surface area is 136 Å². The number of rotatable bonds is 4. The van der Waals surface area contributed by atoms with Crippen LogP contribution in [0.2, 0.25) is 0 Å². The van der Waals surface area contributed by atoms with Crippen LogP contribution in [0.5, 0.6) is 0 Å². The van der Waals surface area contributed by atoms with Gasteiger partial charge in [0.05, 0.1) is 17.6 Å². The Bertz CT molecular complexity index is 705. The largest absolute Gasteiger partial charge is 0.465 e. The molecular weight excluding hydrogens is 316 g/mol. The molecule has 2 aliphatic heterocycles. The predicted octanol–water partition coefficient (Wildman–Crippen LogP) is 1.34. The van der Waals surface area contributed by atoms with Crippen molar-refractivity contribution in [2.45, 2.75) is 55.6 Å². The molecule has 2 atom stereocenters. The summed E-state index contributed by atoms with van der Waals surface area (Å²) in [6.07, 6.45) is 3.84. The minimum Gasteiger partial charge on any atom is -0.465 e. The molecule has 2 saturated heterocycles. The summed E-state index contributed by atoms with van der Waals surface area (Å²) in [5.41, 5.74) is 0.853. The van der Waals surface area contributed by atoms with Crippen molar-refractivity contribution in [3.63, 3.8) is 0 Å². The van der Waals surface area contributed by atoms with Gasteiger partial charge >= 0.3 is 5.97 Å². The summed E-state index contributed by atoms with van der Waals surface area (Å²) in [6, 6.07) is 5.35. The number of sulfonamides is 1. The molecule has 2 unspecified atom stereocenters. The number of aryl methyl sites for hydroxylation is 1. The van der Waals surface area contributed by atoms with Crippen LogP contribution in [-0.4, -0.2) is 39.6 Å². The second kappa shape index (κ2) is 6.22. The quantitative estimate of drug-likeness (QED) is 0.810. The molecule has 0 aliphatic carbocycles. The van der Waals surface area contributed by atoms with Gasteiger partial charge in [-0.05, 0) is 50.3 Å². The van der Waals surface area contributed by atoms with Crippen molar-refractivity contribution < 1.29 is 17.9 Å². The Morgan fingerprint density at radius 2 is 1.91 bits per heavy atom. The summed E-state index contributed by atoms with van der Waals surface area (Å²) < 4.78 is 33.0. The SMILES string of the molecule is COC(=O)c1ccc(C)c(S(=O)(=O)NC2CC3CCC(C2)N3)c1. The van der Waals surface area contributed by atoms with Gasteiger partial charge in [0.15, 0.2) is 0 Å². The van der Waals surface area contributed by atoms with Crippen LogP contribution in [0.1, 0.15) is 41.6 Å². The minimum atomic E-state index is -3.66. The lowest BCUT2D eigenvalue weighted by atomic mass is 10.0. The number of hydrogen-bond donors (Lipinski definition) is 2. The van der Waals surface area contributed by atoms with E-state index in [4.69, 9.17) is 0 Å². The highest BCUT2D eigenvalue weighted by Crippen LogP contribution is 2.28. The zero-order valence-electron chi connectivity index (χ0n) is 13.3. The van der Waals surface area contributed by atoms with E-state index < -0.39 is 16.0 Å². The number of carbonyl (C=O) groups excluding carboxylic acids is 1. The molecule has 1 aromatic carbocycles. The van der Waals surface area contributed by atoms with E-state index >= 15 is 0 Å². The fraction of sp³-hybridized carbons (Fsp3) is 0.562. The first kappa shape index (κ1) is 16.4. The van der Waals surface area contributed by atoms with Gasteiger partial charge in [0.25, 0.3) is 0 Å². The molecule has 0 saturated carbocycles. The molecule has 23 heavy (non-hydrogen) atoms. The van der Waals surface area contributed by atoms with Crippen LogP contribution < -0.4 is 10.0 Å². The summed E-state index contributed by atoms with van der Waals surface area (Å²) in [4.78, 5) is 11.8. The monoisotopic (exact) mass is 338 g/mol. The molecule has 0 amide bonds. The van der Waals surface area contributed by atoms with Crippen LogP contribution in [0, 0.1) is 6.92 Å². The third-order valence-electron chi connectivity index (χ3n) is 4.69. The highest BCUT2D eigenvalue weighted by molar-refractivity contribution is 7.89. The Morgan fingerprint density at radius 1 is 1.26 bits per heavy atom. The number of hydrogen-bond acceptors (Lipinski definition) is 5. The Morgan fingerprint density at radius 3 is 2.52 bits per heavy atom. The molecule has 2 bridgehead atoms. The molecule has 3 rings (SSSR count). The maximum atomic E-state index is 12.7. The van der Waals surface area contributed by atoms with Crippen LogP contribution in [0.3, 0.4) is 0 Å². The number of piperidine rings is 1. The number of methoxy groups -OCH3 is 1. The van der Waals surface area contributed by atoms with E-state index in [-0.39, 0.29) is 16.5 Å². The van der Waals surface area contributed by atoms with Crippen LogP contribution in [0.25, 0.3) is 0 Å². The second-order valence-electron chi connectivity index (χ2n) is 6.40. The fourth-order valence-corrected chi connectivity index (χ4v) is 5.10. The molecule has 1 aromatic rings. The maximum absolute atomic E-state index is 12.7. The van der Waals surface area contributed by atoms with E-state index in [0.29, 0.717) is 17.6 Å². The van der Waals surface area contributed by atoms with Crippen LogP contribution in [-0.2, 0) is 14.8 Å². The molecule has 2 fully saturated rings. The number of esters is 1. The van der Waals surface area contributed by atoms with Gasteiger partial charge in [0.1, 0.15) is 0 Å². The summed E-state index contributed by atoms with van der Waals surface area (Å²) >= 11 is 0. The lowest BCUT2D eigenvalue weighted by Gasteiger charge is -2.29. The number of fused-ring (bicyclic) bond motifs is 2. The number of nitrogens with one attached hydrogen (secondary N) is 2. The molecule has 0 aromatic heterocycles. The molecule has 7 heteroatoms. The second-order valence-corrected chi connectivity index (χ2v) is 8.08. The first-order valence-corrected chi connectivity index (χ1v) is 9.34. The molecule has 2 aliphatic rings. The fourth-order valence-electron chi connectivity index (χ4n) is 3.57. The lowest BCUT2D eigenvalue weighted by Crippen LogP contribution is -2.48. The molecule has 2 heterocycles. The zero-order chi connectivity index (χ0) is 16.6. The molecular formula is C16H22N2O4S. The van der Waals surface area contributed by atoms with Crippen LogP contribution in [0.4, 0.5) is 0 Å². The average molecular weight is 338 g/mol. The topological polar surface area (TPSA) is 84.5 Å². The first-order valence-electron chi connectivity index (χ1n) is 7.86. The van der Waals surface area contributed by atoms with Crippen molar-refractivity contribution in [1.82, 2.24) is 10.0 Å². The van der Waals surface area contributed by atoms with E-state index in [1.165, 1.54) is 13.2 Å². The van der Waals surface area contributed by atoms with E-state index in [0.717, 1.165) is 25.7 Å². The lowest BCUT2D eigenvalue weighted by molar-refractivity contribution is 0.0600. The highest BCUT2D eigenvalue weighted by Gasteiger charge is 2.35. The van der Waals surface area contributed by atoms with Gasteiger partial charge in [0.2, 0.25) is 10.0 Å². The maximum Gasteiger partial charge on any atom is 0.337 e. The average Bonchev–Trinajstić information content (AvgIpc) is 2.85. The first-order chi connectivity index (χ1) is 10.9. The number of ether oxygens (including phenoxy) is 1. The summed E-state index contributed by atoms with van der Waals surface area (Å²) in [5, 5.41) is 3.49. The Hall–Kier alpha value is -1.44. The zero-order valence-corrected chi connectivity index (χ0v) is 14.2. The van der Waals surface area contributed by atoms with Crippen LogP contribution >= 0.6 is 0 Å². The van der Waals surface area contributed by atoms with Gasteiger partial charge in [-0.15, -0.1) is 0 Å². The summed E-state index contributed by atoms with van der Waals surface area (Å²) in [6.45, 7) is 1.72. The van der Waals surface area contributed by atoms with E-state index in [1.54, 1.807) is 19.1 Å². The highest BCUT2D eigenvalue weighted by atomic mass is 32.2. The van der Waals surface area contributed by atoms with E-state index in [2.05, 4.69) is 14.8 Å². The summed E-state index contributed by atoms with van der Waals surface area (Å²) in [5.74, 6) is -0.540. The van der Waals surface area contributed by atoms with Gasteiger partial charge < -0.3 is 10.1 Å². The molecule has 0 spiro atoms. The van der Waals surface area contributed by atoms with Crippen molar-refractivity contribution in [2.24, 2.45) is 0 Å². The Balaban J connectivity index is 1.83. The third-order valence-corrected chi connectivity index (χ3v) is 6.36. The third kappa shape index (κ3) is 3.41. The van der Waals surface area contributed by atoms with Crippen molar-refractivity contribution in [1.29, 1.82) is 0 Å². The number of carbonyl (C=O) groups is 1. The van der Waals surface area contributed by atoms with Gasteiger partial charge in [-0.25, -0.2) is 17.9 Å². The standard InChI is InChI=1S/C16H22N2O4S/c1-10-3-4-11(16(19)22-2)7-15(10)23(20,21)18-14-8-12-5-6-13(9-14)17-12/h3-4,7,12-14,17-18H,5-6,8-9H2,1-2H3. The van der Waals surface area contributed by atoms with E-state index in [9.17, 15) is 13.2 Å². The van der Waals surface area contributed by atoms with Crippen molar-refractivity contribution in [3.8, 4) is 0 Å². The van der Waals surface area contributed by atoms with Crippen molar-refractivity contribution in [3.05, 3.63) is 29.3 Å². The van der Waals surface area contributed by atoms with Gasteiger partial charge in [-0.2, -0.15) is 0 Å². The normalized spacial score (nSPS) is 27.0. The van der Waals surface area contributed by atoms with Gasteiger partial charge in [-0.3, -0.25) is 0 Å².